The average molecular weight is 372 g/mol. The van der Waals surface area contributed by atoms with E-state index >= 15 is 0 Å². The molecule has 0 atom stereocenters. The maximum atomic E-state index is 12.5. The quantitative estimate of drug-likeness (QED) is 0.699. The van der Waals surface area contributed by atoms with E-state index in [1.165, 1.54) is 0 Å². The molecule has 0 aliphatic carbocycles. The van der Waals surface area contributed by atoms with Gasteiger partial charge in [0.15, 0.2) is 0 Å². The largest absolute Gasteiger partial charge is 0.340 e. The monoisotopic (exact) mass is 371 g/mol. The molecule has 0 spiro atoms. The Bertz CT molecular complexity index is 839. The van der Waals surface area contributed by atoms with Crippen molar-refractivity contribution in [3.63, 3.8) is 0 Å². The Balaban J connectivity index is 1.75. The Labute approximate surface area is 143 Å². The van der Waals surface area contributed by atoms with Crippen LogP contribution in [-0.4, -0.2) is 27.4 Å². The summed E-state index contributed by atoms with van der Waals surface area (Å²) in [6, 6.07) is 15.9. The number of benzene rings is 2. The molecule has 0 aliphatic heterocycles. The molecule has 0 unspecified atom stereocenters. The molecule has 2 aromatic carbocycles. The van der Waals surface area contributed by atoms with Gasteiger partial charge in [0.25, 0.3) is 0 Å². The molecule has 0 N–H and O–H groups in total. The Kier molecular flexibility index (Phi) is 4.48. The van der Waals surface area contributed by atoms with Crippen molar-refractivity contribution in [2.45, 2.75) is 20.0 Å². The number of carbonyl (C=O) groups is 1. The minimum atomic E-state index is 0.0687. The lowest BCUT2D eigenvalue weighted by Crippen LogP contribution is -2.30. The number of likely N-dealkylation sites (N-methyl/N-ethyl adjacent to an activating group) is 1. The first kappa shape index (κ1) is 15.7. The fourth-order valence-electron chi connectivity index (χ4n) is 2.60. The third-order valence-electron chi connectivity index (χ3n) is 3.90. The molecule has 4 nitrogen and oxygen atoms in total. The molecule has 0 bridgehead atoms. The minimum absolute atomic E-state index is 0.0687. The number of halogens is 1. The van der Waals surface area contributed by atoms with E-state index in [0.717, 1.165) is 26.9 Å². The highest BCUT2D eigenvalue weighted by molar-refractivity contribution is 9.10. The number of para-hydroxylation sites is 2. The van der Waals surface area contributed by atoms with Gasteiger partial charge in [-0.2, -0.15) is 0 Å². The highest BCUT2D eigenvalue weighted by Gasteiger charge is 2.14. The van der Waals surface area contributed by atoms with Crippen LogP contribution in [0.4, 0.5) is 0 Å². The highest BCUT2D eigenvalue weighted by Crippen LogP contribution is 2.16. The zero-order chi connectivity index (χ0) is 16.4. The van der Waals surface area contributed by atoms with Crippen molar-refractivity contribution in [2.75, 3.05) is 7.05 Å². The molecule has 5 heteroatoms. The molecule has 0 aliphatic rings. The van der Waals surface area contributed by atoms with Gasteiger partial charge >= 0.3 is 0 Å². The number of imidazole rings is 1. The van der Waals surface area contributed by atoms with Gasteiger partial charge in [-0.15, -0.1) is 0 Å². The van der Waals surface area contributed by atoms with Crippen LogP contribution in [-0.2, 0) is 17.9 Å². The van der Waals surface area contributed by atoms with E-state index in [9.17, 15) is 4.79 Å². The van der Waals surface area contributed by atoms with Gasteiger partial charge in [-0.25, -0.2) is 4.98 Å². The van der Waals surface area contributed by atoms with Gasteiger partial charge < -0.3 is 9.47 Å². The van der Waals surface area contributed by atoms with Crippen molar-refractivity contribution in [2.24, 2.45) is 0 Å². The van der Waals surface area contributed by atoms with Crippen LogP contribution in [0, 0.1) is 6.92 Å². The number of hydrogen-bond donors (Lipinski definition) is 0. The molecule has 1 amide bonds. The van der Waals surface area contributed by atoms with E-state index in [-0.39, 0.29) is 5.91 Å². The number of hydrogen-bond acceptors (Lipinski definition) is 2. The van der Waals surface area contributed by atoms with Gasteiger partial charge in [0.1, 0.15) is 12.4 Å². The van der Waals surface area contributed by atoms with Crippen LogP contribution in [0.2, 0.25) is 0 Å². The summed E-state index contributed by atoms with van der Waals surface area (Å²) in [7, 11) is 1.83. The highest BCUT2D eigenvalue weighted by atomic mass is 79.9. The van der Waals surface area contributed by atoms with Crippen molar-refractivity contribution in [1.29, 1.82) is 0 Å². The molecule has 3 rings (SSSR count). The fraction of sp³-hybridized carbons (Fsp3) is 0.222. The van der Waals surface area contributed by atoms with Crippen molar-refractivity contribution in [1.82, 2.24) is 14.5 Å². The zero-order valence-electron chi connectivity index (χ0n) is 13.2. The number of nitrogens with zero attached hydrogens (tertiary/aromatic N) is 3. The molecule has 3 aromatic rings. The zero-order valence-corrected chi connectivity index (χ0v) is 14.7. The van der Waals surface area contributed by atoms with Gasteiger partial charge in [-0.1, -0.05) is 40.2 Å². The summed E-state index contributed by atoms with van der Waals surface area (Å²) in [4.78, 5) is 18.8. The van der Waals surface area contributed by atoms with E-state index in [2.05, 4.69) is 20.9 Å². The summed E-state index contributed by atoms with van der Waals surface area (Å²) in [6.45, 7) is 2.83. The SMILES string of the molecule is Cc1nc2ccccc2n1CC(=O)N(C)Cc1ccc(Br)cc1. The van der Waals surface area contributed by atoms with Crippen LogP contribution >= 0.6 is 15.9 Å². The van der Waals surface area contributed by atoms with E-state index in [1.54, 1.807) is 4.90 Å². The Morgan fingerprint density at radius 3 is 2.61 bits per heavy atom. The minimum Gasteiger partial charge on any atom is -0.340 e. The number of fused-ring (bicyclic) bond motifs is 1. The van der Waals surface area contributed by atoms with Crippen LogP contribution in [0.15, 0.2) is 53.0 Å². The van der Waals surface area contributed by atoms with Crippen molar-refractivity contribution < 1.29 is 4.79 Å². The first-order chi connectivity index (χ1) is 11.0. The lowest BCUT2D eigenvalue weighted by molar-refractivity contribution is -0.131. The van der Waals surface area contributed by atoms with Gasteiger partial charge in [-0.3, -0.25) is 4.79 Å². The Hall–Kier alpha value is -2.14. The van der Waals surface area contributed by atoms with Crippen LogP contribution in [0.5, 0.6) is 0 Å². The van der Waals surface area contributed by atoms with Gasteiger partial charge in [0.05, 0.1) is 11.0 Å². The summed E-state index contributed by atoms with van der Waals surface area (Å²) >= 11 is 3.42. The second kappa shape index (κ2) is 6.54. The maximum absolute atomic E-state index is 12.5. The van der Waals surface area contributed by atoms with Gasteiger partial charge in [0, 0.05) is 18.1 Å². The summed E-state index contributed by atoms with van der Waals surface area (Å²) in [6.07, 6.45) is 0. The number of rotatable bonds is 4. The molecule has 0 saturated heterocycles. The standard InChI is InChI=1S/C18H18BrN3O/c1-13-20-16-5-3-4-6-17(16)22(13)12-18(23)21(2)11-14-7-9-15(19)10-8-14/h3-10H,11-12H2,1-2H3. The first-order valence-corrected chi connectivity index (χ1v) is 8.24. The smallest absolute Gasteiger partial charge is 0.242 e. The first-order valence-electron chi connectivity index (χ1n) is 7.45. The van der Waals surface area contributed by atoms with Crippen LogP contribution in [0.25, 0.3) is 11.0 Å². The van der Waals surface area contributed by atoms with Crippen molar-refractivity contribution >= 4 is 32.9 Å². The summed E-state index contributed by atoms with van der Waals surface area (Å²) in [5, 5.41) is 0. The predicted octanol–water partition coefficient (Wildman–Crippen LogP) is 3.77. The average Bonchev–Trinajstić information content (AvgIpc) is 2.85. The lowest BCUT2D eigenvalue weighted by atomic mass is 10.2. The number of amides is 1. The second-order valence-electron chi connectivity index (χ2n) is 5.61. The van der Waals surface area contributed by atoms with Gasteiger partial charge in [-0.05, 0) is 36.8 Å². The molecule has 0 fully saturated rings. The lowest BCUT2D eigenvalue weighted by Gasteiger charge is -2.18. The van der Waals surface area contributed by atoms with E-state index < -0.39 is 0 Å². The number of aromatic nitrogens is 2. The summed E-state index contributed by atoms with van der Waals surface area (Å²) < 4.78 is 3.01. The second-order valence-corrected chi connectivity index (χ2v) is 6.53. The third kappa shape index (κ3) is 3.45. The normalized spacial score (nSPS) is 10.9. The number of aryl methyl sites for hydroxylation is 1. The summed E-state index contributed by atoms with van der Waals surface area (Å²) in [5.41, 5.74) is 3.03. The molecule has 1 aromatic heterocycles. The van der Waals surface area contributed by atoms with Crippen LogP contribution in [0.3, 0.4) is 0 Å². The number of carbonyl (C=O) groups excluding carboxylic acids is 1. The molecule has 0 radical (unpaired) electrons. The maximum Gasteiger partial charge on any atom is 0.242 e. The van der Waals surface area contributed by atoms with E-state index in [0.29, 0.717) is 13.1 Å². The Morgan fingerprint density at radius 1 is 1.17 bits per heavy atom. The molecule has 0 saturated carbocycles. The molecule has 1 heterocycles. The molecule has 23 heavy (non-hydrogen) atoms. The molecular formula is C18H18BrN3O. The summed E-state index contributed by atoms with van der Waals surface area (Å²) in [5.74, 6) is 0.927. The van der Waals surface area contributed by atoms with Crippen molar-refractivity contribution in [3.05, 3.63) is 64.4 Å². The van der Waals surface area contributed by atoms with Crippen LogP contribution < -0.4 is 0 Å². The topological polar surface area (TPSA) is 38.1 Å². The molecular weight excluding hydrogens is 354 g/mol. The van der Waals surface area contributed by atoms with E-state index in [1.807, 2.05) is 67.1 Å². The van der Waals surface area contributed by atoms with Gasteiger partial charge in [0.2, 0.25) is 5.91 Å². The Morgan fingerprint density at radius 2 is 1.87 bits per heavy atom. The third-order valence-corrected chi connectivity index (χ3v) is 4.43. The predicted molar refractivity (Wildman–Crippen MR) is 95.1 cm³/mol. The van der Waals surface area contributed by atoms with Crippen molar-refractivity contribution in [3.8, 4) is 0 Å². The van der Waals surface area contributed by atoms with Crippen LogP contribution in [0.1, 0.15) is 11.4 Å². The fourth-order valence-corrected chi connectivity index (χ4v) is 2.87. The van der Waals surface area contributed by atoms with E-state index in [4.69, 9.17) is 0 Å². The molecule has 118 valence electrons.